The largest absolute Gasteiger partial charge is 0.311 e. The molecule has 1 N–H and O–H groups in total. The Morgan fingerprint density at radius 1 is 0.474 bits per heavy atom. The summed E-state index contributed by atoms with van der Waals surface area (Å²) in [5.41, 5.74) is 0. The topological polar surface area (TPSA) is 12.0 Å². The van der Waals surface area contributed by atoms with Crippen molar-refractivity contribution >= 4 is 0 Å². The van der Waals surface area contributed by atoms with Crippen molar-refractivity contribution in [2.45, 2.75) is 93.2 Å². The van der Waals surface area contributed by atoms with Gasteiger partial charge in [-0.25, -0.2) is 0 Å². The van der Waals surface area contributed by atoms with Gasteiger partial charge in [-0.15, -0.1) is 0 Å². The summed E-state index contributed by atoms with van der Waals surface area (Å²) in [4.78, 5) is 0. The van der Waals surface area contributed by atoms with Crippen molar-refractivity contribution in [3.05, 3.63) is 0 Å². The van der Waals surface area contributed by atoms with Crippen LogP contribution >= 0.6 is 0 Å². The maximum Gasteiger partial charge on any atom is 0.00745 e. The monoisotopic (exact) mass is 269 g/mol. The number of hydrogen-bond acceptors (Lipinski definition) is 1. The highest BCUT2D eigenvalue weighted by Gasteiger charge is 2.19. The Bertz CT molecular complexity index is 164. The van der Waals surface area contributed by atoms with E-state index in [4.69, 9.17) is 0 Å². The van der Waals surface area contributed by atoms with E-state index in [1.165, 1.54) is 25.7 Å². The van der Waals surface area contributed by atoms with Crippen LogP contribution in [0.2, 0.25) is 0 Å². The lowest BCUT2D eigenvalue weighted by molar-refractivity contribution is 0.279. The number of nitrogens with one attached hydrogen (secondary N) is 1. The van der Waals surface area contributed by atoms with Gasteiger partial charge in [0.2, 0.25) is 0 Å². The minimum absolute atomic E-state index is 0.697. The Kier molecular flexibility index (Phi) is 9.78. The van der Waals surface area contributed by atoms with Gasteiger partial charge in [-0.3, -0.25) is 0 Å². The van der Waals surface area contributed by atoms with Gasteiger partial charge >= 0.3 is 0 Å². The lowest BCUT2D eigenvalue weighted by atomic mass is 9.91. The van der Waals surface area contributed by atoms with Crippen molar-refractivity contribution in [2.75, 3.05) is 0 Å². The molecule has 0 atom stereocenters. The van der Waals surface area contributed by atoms with E-state index in [1.54, 1.807) is 0 Å². The molecule has 0 heterocycles. The van der Waals surface area contributed by atoms with Crippen LogP contribution in [0, 0.1) is 23.7 Å². The van der Waals surface area contributed by atoms with Gasteiger partial charge in [-0.05, 0) is 49.4 Å². The SMILES string of the molecule is CC(C)CC(CC(C)C)NC(CC(C)C)CC(C)C. The second-order valence-corrected chi connectivity index (χ2v) is 8.08. The molecule has 0 rings (SSSR count). The van der Waals surface area contributed by atoms with E-state index in [0.717, 1.165) is 23.7 Å². The van der Waals surface area contributed by atoms with Crippen molar-refractivity contribution in [3.8, 4) is 0 Å². The highest BCUT2D eigenvalue weighted by Crippen LogP contribution is 2.19. The first-order chi connectivity index (χ1) is 8.70. The molecule has 0 aromatic rings. The minimum Gasteiger partial charge on any atom is -0.311 e. The Hall–Kier alpha value is -0.0400. The van der Waals surface area contributed by atoms with Crippen LogP contribution in [0.3, 0.4) is 0 Å². The van der Waals surface area contributed by atoms with Crippen molar-refractivity contribution in [2.24, 2.45) is 23.7 Å². The molecule has 0 bridgehead atoms. The van der Waals surface area contributed by atoms with Crippen LogP contribution in [0.5, 0.6) is 0 Å². The average molecular weight is 270 g/mol. The molecule has 0 amide bonds. The maximum absolute atomic E-state index is 3.98. The zero-order valence-corrected chi connectivity index (χ0v) is 14.8. The summed E-state index contributed by atoms with van der Waals surface area (Å²) in [6.45, 7) is 18.7. The van der Waals surface area contributed by atoms with E-state index in [1.807, 2.05) is 0 Å². The van der Waals surface area contributed by atoms with Gasteiger partial charge in [0.1, 0.15) is 0 Å². The number of rotatable bonds is 10. The highest BCUT2D eigenvalue weighted by molar-refractivity contribution is 4.78. The van der Waals surface area contributed by atoms with Gasteiger partial charge in [0.15, 0.2) is 0 Å². The molecule has 0 radical (unpaired) electrons. The second-order valence-electron chi connectivity index (χ2n) is 8.08. The molecule has 0 aromatic carbocycles. The van der Waals surface area contributed by atoms with Gasteiger partial charge in [-0.2, -0.15) is 0 Å². The Balaban J connectivity index is 4.51. The first kappa shape index (κ1) is 19.0. The van der Waals surface area contributed by atoms with Gasteiger partial charge in [0, 0.05) is 12.1 Å². The lowest BCUT2D eigenvalue weighted by Crippen LogP contribution is -2.41. The van der Waals surface area contributed by atoms with E-state index in [0.29, 0.717) is 12.1 Å². The molecule has 0 aromatic heterocycles. The molecule has 0 fully saturated rings. The predicted molar refractivity (Wildman–Crippen MR) is 88.5 cm³/mol. The summed E-state index contributed by atoms with van der Waals surface area (Å²) in [7, 11) is 0. The van der Waals surface area contributed by atoms with Crippen molar-refractivity contribution < 1.29 is 0 Å². The molecule has 116 valence electrons. The van der Waals surface area contributed by atoms with E-state index >= 15 is 0 Å². The normalized spacial score (nSPS) is 12.9. The summed E-state index contributed by atoms with van der Waals surface area (Å²) in [6, 6.07) is 1.39. The van der Waals surface area contributed by atoms with Crippen LogP contribution in [0.4, 0.5) is 0 Å². The summed E-state index contributed by atoms with van der Waals surface area (Å²) < 4.78 is 0. The molecular formula is C18H39N. The van der Waals surface area contributed by atoms with E-state index in [-0.39, 0.29) is 0 Å². The van der Waals surface area contributed by atoms with Crippen LogP contribution in [0.15, 0.2) is 0 Å². The Labute approximate surface area is 122 Å². The minimum atomic E-state index is 0.697. The van der Waals surface area contributed by atoms with Crippen LogP contribution in [-0.2, 0) is 0 Å². The zero-order chi connectivity index (χ0) is 15.0. The fourth-order valence-corrected chi connectivity index (χ4v) is 3.07. The van der Waals surface area contributed by atoms with Crippen molar-refractivity contribution in [1.29, 1.82) is 0 Å². The van der Waals surface area contributed by atoms with Crippen LogP contribution in [0.1, 0.15) is 81.1 Å². The third-order valence-electron chi connectivity index (χ3n) is 3.50. The second kappa shape index (κ2) is 9.80. The molecule has 0 unspecified atom stereocenters. The molecular weight excluding hydrogens is 230 g/mol. The molecule has 0 aliphatic heterocycles. The number of hydrogen-bond donors (Lipinski definition) is 1. The molecule has 0 aliphatic carbocycles. The smallest absolute Gasteiger partial charge is 0.00745 e. The summed E-state index contributed by atoms with van der Waals surface area (Å²) in [5.74, 6) is 3.15. The first-order valence-corrected chi connectivity index (χ1v) is 8.46. The molecule has 0 aliphatic rings. The predicted octanol–water partition coefficient (Wildman–Crippen LogP) is 5.50. The maximum atomic E-state index is 3.98. The first-order valence-electron chi connectivity index (χ1n) is 8.46. The molecule has 19 heavy (non-hydrogen) atoms. The quantitative estimate of drug-likeness (QED) is 0.552. The highest BCUT2D eigenvalue weighted by atomic mass is 14.9. The molecule has 0 saturated heterocycles. The molecule has 0 spiro atoms. The summed E-state index contributed by atoms with van der Waals surface area (Å²) >= 11 is 0. The molecule has 1 nitrogen and oxygen atoms in total. The third kappa shape index (κ3) is 11.5. The van der Waals surface area contributed by atoms with E-state index < -0.39 is 0 Å². The van der Waals surface area contributed by atoms with Gasteiger partial charge in [-0.1, -0.05) is 55.4 Å². The Morgan fingerprint density at radius 2 is 0.684 bits per heavy atom. The van der Waals surface area contributed by atoms with Crippen LogP contribution < -0.4 is 5.32 Å². The lowest BCUT2D eigenvalue weighted by Gasteiger charge is -2.30. The van der Waals surface area contributed by atoms with Gasteiger partial charge in [0.25, 0.3) is 0 Å². The van der Waals surface area contributed by atoms with E-state index in [2.05, 4.69) is 60.7 Å². The van der Waals surface area contributed by atoms with E-state index in [9.17, 15) is 0 Å². The molecule has 1 heteroatoms. The molecule has 0 saturated carbocycles. The summed E-state index contributed by atoms with van der Waals surface area (Å²) in [6.07, 6.45) is 5.24. The average Bonchev–Trinajstić information content (AvgIpc) is 2.11. The van der Waals surface area contributed by atoms with Crippen molar-refractivity contribution in [3.63, 3.8) is 0 Å². The third-order valence-corrected chi connectivity index (χ3v) is 3.50. The zero-order valence-electron chi connectivity index (χ0n) is 14.8. The fourth-order valence-electron chi connectivity index (χ4n) is 3.07. The van der Waals surface area contributed by atoms with Crippen molar-refractivity contribution in [1.82, 2.24) is 5.32 Å². The van der Waals surface area contributed by atoms with Gasteiger partial charge < -0.3 is 5.32 Å². The van der Waals surface area contributed by atoms with Crippen LogP contribution in [0.25, 0.3) is 0 Å². The van der Waals surface area contributed by atoms with Gasteiger partial charge in [0.05, 0.1) is 0 Å². The summed E-state index contributed by atoms with van der Waals surface area (Å²) in [5, 5.41) is 3.98. The Morgan fingerprint density at radius 3 is 0.842 bits per heavy atom. The fraction of sp³-hybridized carbons (Fsp3) is 1.00. The standard InChI is InChI=1S/C18H39N/c1-13(2)9-17(10-14(3)4)19-18(11-15(5)6)12-16(7)8/h13-19H,9-12H2,1-8H3. The van der Waals surface area contributed by atoms with Crippen LogP contribution in [-0.4, -0.2) is 12.1 Å².